The smallest absolute Gasteiger partial charge is 0.261 e. The van der Waals surface area contributed by atoms with Crippen molar-refractivity contribution in [1.82, 2.24) is 20.3 Å². The second kappa shape index (κ2) is 11.6. The van der Waals surface area contributed by atoms with Crippen LogP contribution in [0.2, 0.25) is 0 Å². The number of fused-ring (bicyclic) bond motifs is 1. The number of hydrogen-bond acceptors (Lipinski definition) is 9. The number of ether oxygens (including phenoxy) is 2. The van der Waals surface area contributed by atoms with Crippen molar-refractivity contribution < 1.29 is 19.4 Å². The van der Waals surface area contributed by atoms with Gasteiger partial charge in [0.25, 0.3) is 5.91 Å². The number of nitrogens with one attached hydrogen (secondary N) is 2. The zero-order valence-electron chi connectivity index (χ0n) is 19.5. The summed E-state index contributed by atoms with van der Waals surface area (Å²) in [6, 6.07) is 12.9. The highest BCUT2D eigenvalue weighted by Gasteiger charge is 2.20. The zero-order valence-corrected chi connectivity index (χ0v) is 20.3. The molecule has 0 fully saturated rings. The number of thiophene rings is 1. The van der Waals surface area contributed by atoms with Gasteiger partial charge in [-0.1, -0.05) is 12.1 Å². The van der Waals surface area contributed by atoms with E-state index in [4.69, 9.17) is 9.47 Å². The summed E-state index contributed by atoms with van der Waals surface area (Å²) in [6.07, 6.45) is 3.14. The molecule has 182 valence electrons. The second-order valence-electron chi connectivity index (χ2n) is 7.81. The van der Waals surface area contributed by atoms with Crippen molar-refractivity contribution in [3.8, 4) is 11.5 Å². The highest BCUT2D eigenvalue weighted by molar-refractivity contribution is 7.20. The first-order chi connectivity index (χ1) is 17.0. The number of rotatable bonds is 11. The van der Waals surface area contributed by atoms with E-state index in [1.165, 1.54) is 17.7 Å². The van der Waals surface area contributed by atoms with Gasteiger partial charge in [0.1, 0.15) is 41.2 Å². The lowest BCUT2D eigenvalue weighted by molar-refractivity contribution is 0.0846. The number of hydrogen-bond donors (Lipinski definition) is 3. The number of anilines is 1. The Hall–Kier alpha value is -3.76. The van der Waals surface area contributed by atoms with Gasteiger partial charge in [-0.3, -0.25) is 9.78 Å². The average Bonchev–Trinajstić information content (AvgIpc) is 3.24. The van der Waals surface area contributed by atoms with Crippen LogP contribution in [0.15, 0.2) is 55.0 Å². The number of methoxy groups -OCH3 is 1. The third-order valence-corrected chi connectivity index (χ3v) is 6.51. The first-order valence-electron chi connectivity index (χ1n) is 11.2. The van der Waals surface area contributed by atoms with Gasteiger partial charge < -0.3 is 25.2 Å². The Kier molecular flexibility index (Phi) is 8.07. The fraction of sp³-hybridized carbons (Fsp3) is 0.280. The number of carbonyl (C=O) groups excluding carboxylic acids is 1. The number of nitrogens with zero attached hydrogens (tertiary/aromatic N) is 3. The van der Waals surface area contributed by atoms with Gasteiger partial charge in [-0.2, -0.15) is 0 Å². The van der Waals surface area contributed by atoms with Gasteiger partial charge in [-0.05, 0) is 36.8 Å². The minimum Gasteiger partial charge on any atom is -0.497 e. The maximum atomic E-state index is 12.9. The number of pyridine rings is 1. The summed E-state index contributed by atoms with van der Waals surface area (Å²) in [7, 11) is 1.58. The quantitative estimate of drug-likeness (QED) is 0.291. The van der Waals surface area contributed by atoms with Crippen LogP contribution in [0, 0.1) is 6.92 Å². The maximum absolute atomic E-state index is 12.9. The van der Waals surface area contributed by atoms with Gasteiger partial charge in [-0.15, -0.1) is 11.3 Å². The number of benzene rings is 1. The summed E-state index contributed by atoms with van der Waals surface area (Å²) in [4.78, 5) is 27.2. The summed E-state index contributed by atoms with van der Waals surface area (Å²) in [5.74, 6) is 1.66. The van der Waals surface area contributed by atoms with Crippen LogP contribution in [0.4, 0.5) is 5.82 Å². The Morgan fingerprint density at radius 1 is 1.14 bits per heavy atom. The summed E-state index contributed by atoms with van der Waals surface area (Å²) in [6.45, 7) is 2.62. The monoisotopic (exact) mass is 493 g/mol. The summed E-state index contributed by atoms with van der Waals surface area (Å²) in [5.41, 5.74) is 1.78. The molecule has 0 aliphatic rings. The summed E-state index contributed by atoms with van der Waals surface area (Å²) >= 11 is 1.30. The van der Waals surface area contributed by atoms with Crippen molar-refractivity contribution in [2.45, 2.75) is 19.4 Å². The minimum absolute atomic E-state index is 0.0364. The van der Waals surface area contributed by atoms with Crippen molar-refractivity contribution in [2.24, 2.45) is 0 Å². The molecule has 3 N–H and O–H groups in total. The van der Waals surface area contributed by atoms with E-state index in [9.17, 15) is 9.90 Å². The van der Waals surface area contributed by atoms with Crippen LogP contribution in [-0.4, -0.2) is 58.9 Å². The number of amides is 1. The van der Waals surface area contributed by atoms with Crippen LogP contribution in [0.25, 0.3) is 10.2 Å². The highest BCUT2D eigenvalue weighted by atomic mass is 32.1. The van der Waals surface area contributed by atoms with Gasteiger partial charge >= 0.3 is 0 Å². The molecule has 1 atom stereocenters. The number of carbonyl (C=O) groups is 1. The molecular weight excluding hydrogens is 466 g/mol. The molecule has 0 aliphatic heterocycles. The van der Waals surface area contributed by atoms with E-state index in [-0.39, 0.29) is 19.1 Å². The largest absolute Gasteiger partial charge is 0.497 e. The fourth-order valence-corrected chi connectivity index (χ4v) is 4.58. The van der Waals surface area contributed by atoms with E-state index >= 15 is 0 Å². The number of aliphatic hydroxyl groups is 1. The molecule has 0 unspecified atom stereocenters. The third-order valence-electron chi connectivity index (χ3n) is 5.31. The number of aryl methyl sites for hydroxylation is 1. The van der Waals surface area contributed by atoms with Crippen molar-refractivity contribution >= 4 is 33.3 Å². The normalized spacial score (nSPS) is 11.7. The van der Waals surface area contributed by atoms with Gasteiger partial charge in [0.2, 0.25) is 0 Å². The second-order valence-corrected chi connectivity index (χ2v) is 8.81. The predicted octanol–water partition coefficient (Wildman–Crippen LogP) is 3.23. The van der Waals surface area contributed by atoms with Crippen molar-refractivity contribution in [3.05, 3.63) is 71.1 Å². The van der Waals surface area contributed by atoms with Gasteiger partial charge in [0.05, 0.1) is 17.4 Å². The molecule has 0 saturated heterocycles. The van der Waals surface area contributed by atoms with Crippen LogP contribution in [0.1, 0.15) is 20.9 Å². The molecule has 1 aromatic carbocycles. The fourth-order valence-electron chi connectivity index (χ4n) is 3.51. The lowest BCUT2D eigenvalue weighted by atomic mass is 10.2. The molecule has 35 heavy (non-hydrogen) atoms. The molecule has 4 aromatic rings. The Bertz CT molecular complexity index is 1280. The molecular formula is C25H27N5O4S. The SMILES string of the molecule is COc1cccc(OC[C@@H](O)CNC(=O)c2sc3ncnc(NCCc4ccccn4)c3c2C)c1. The Balaban J connectivity index is 1.35. The van der Waals surface area contributed by atoms with Gasteiger partial charge in [-0.25, -0.2) is 9.97 Å². The molecule has 10 heteroatoms. The maximum Gasteiger partial charge on any atom is 0.261 e. The molecule has 4 rings (SSSR count). The van der Waals surface area contributed by atoms with E-state index in [1.807, 2.05) is 31.2 Å². The Morgan fingerprint density at radius 3 is 2.80 bits per heavy atom. The first kappa shape index (κ1) is 24.4. The van der Waals surface area contributed by atoms with Gasteiger partial charge in [0, 0.05) is 37.5 Å². The standard InChI is InChI=1S/C25H27N5O4S/c1-16-21-23(27-11-9-17-6-3-4-10-26-17)29-15-30-25(21)35-22(16)24(32)28-13-18(31)14-34-20-8-5-7-19(12-20)33-2/h3-8,10,12,15,18,31H,9,11,13-14H2,1-2H3,(H,28,32)(H,27,29,30)/t18-/m0/s1. The predicted molar refractivity (Wildman–Crippen MR) is 135 cm³/mol. The lowest BCUT2D eigenvalue weighted by Gasteiger charge is -2.13. The zero-order chi connectivity index (χ0) is 24.6. The van der Waals surface area contributed by atoms with Crippen LogP contribution >= 0.6 is 11.3 Å². The third kappa shape index (κ3) is 6.23. The van der Waals surface area contributed by atoms with Crippen molar-refractivity contribution in [1.29, 1.82) is 0 Å². The average molecular weight is 494 g/mol. The minimum atomic E-state index is -0.872. The Morgan fingerprint density at radius 2 is 2.00 bits per heavy atom. The van der Waals surface area contributed by atoms with E-state index in [0.29, 0.717) is 28.7 Å². The molecule has 0 bridgehead atoms. The topological polar surface area (TPSA) is 118 Å². The van der Waals surface area contributed by atoms with E-state index in [0.717, 1.165) is 27.9 Å². The van der Waals surface area contributed by atoms with E-state index in [2.05, 4.69) is 25.6 Å². The molecule has 3 aromatic heterocycles. The van der Waals surface area contributed by atoms with E-state index < -0.39 is 6.10 Å². The lowest BCUT2D eigenvalue weighted by Crippen LogP contribution is -2.35. The summed E-state index contributed by atoms with van der Waals surface area (Å²) in [5, 5.41) is 17.2. The Labute approximate surface area is 207 Å². The molecule has 3 heterocycles. The van der Waals surface area contributed by atoms with Crippen molar-refractivity contribution in [3.63, 3.8) is 0 Å². The summed E-state index contributed by atoms with van der Waals surface area (Å²) < 4.78 is 10.8. The van der Waals surface area contributed by atoms with Crippen LogP contribution in [0.3, 0.4) is 0 Å². The molecule has 9 nitrogen and oxygen atoms in total. The highest BCUT2D eigenvalue weighted by Crippen LogP contribution is 2.33. The van der Waals surface area contributed by atoms with Crippen LogP contribution in [0.5, 0.6) is 11.5 Å². The molecule has 0 aliphatic carbocycles. The van der Waals surface area contributed by atoms with Crippen LogP contribution in [-0.2, 0) is 6.42 Å². The first-order valence-corrected chi connectivity index (χ1v) is 12.0. The van der Waals surface area contributed by atoms with Crippen LogP contribution < -0.4 is 20.1 Å². The van der Waals surface area contributed by atoms with Crippen molar-refractivity contribution in [2.75, 3.05) is 32.1 Å². The molecule has 0 spiro atoms. The molecule has 1 amide bonds. The van der Waals surface area contributed by atoms with Gasteiger partial charge in [0.15, 0.2) is 0 Å². The number of aliphatic hydroxyl groups excluding tert-OH is 1. The molecule has 0 saturated carbocycles. The molecule has 0 radical (unpaired) electrons. The number of aromatic nitrogens is 3. The van der Waals surface area contributed by atoms with E-state index in [1.54, 1.807) is 31.5 Å².